The first-order valence-electron chi connectivity index (χ1n) is 10.8. The maximum atomic E-state index is 14.8. The van der Waals surface area contributed by atoms with E-state index in [0.717, 1.165) is 21.4 Å². The van der Waals surface area contributed by atoms with Crippen molar-refractivity contribution < 1.29 is 13.8 Å². The number of furan rings is 1. The number of halogens is 1. The quantitative estimate of drug-likeness (QED) is 0.332. The molecule has 0 aliphatic rings. The third kappa shape index (κ3) is 5.52. The van der Waals surface area contributed by atoms with E-state index in [4.69, 9.17) is 4.42 Å². The zero-order valence-electron chi connectivity index (χ0n) is 19.6. The third-order valence-corrected chi connectivity index (χ3v) is 8.95. The van der Waals surface area contributed by atoms with Crippen LogP contribution in [0.2, 0.25) is 0 Å². The first kappa shape index (κ1) is 25.1. The number of nitrogens with one attached hydrogen (secondary N) is 2. The second-order valence-electron chi connectivity index (χ2n) is 7.84. The van der Waals surface area contributed by atoms with E-state index in [2.05, 4.69) is 26.3 Å². The Kier molecular flexibility index (Phi) is 8.05. The molecule has 3 rings (SSSR count). The molecule has 1 atom stereocenters. The van der Waals surface area contributed by atoms with Gasteiger partial charge in [0, 0.05) is 37.3 Å². The minimum Gasteiger partial charge on any atom is -0.459 e. The molecule has 176 valence electrons. The first-order valence-corrected chi connectivity index (χ1v) is 13.2. The lowest BCUT2D eigenvalue weighted by Gasteiger charge is -2.33. The summed E-state index contributed by atoms with van der Waals surface area (Å²) in [5, 5.41) is 6.75. The van der Waals surface area contributed by atoms with Crippen LogP contribution in [-0.2, 0) is 4.57 Å². The maximum absolute atomic E-state index is 14.8. The van der Waals surface area contributed by atoms with E-state index in [-0.39, 0.29) is 5.76 Å². The molecular weight excluding hydrogens is 503 g/mol. The summed E-state index contributed by atoms with van der Waals surface area (Å²) >= 11 is 3.59. The van der Waals surface area contributed by atoms with Crippen molar-refractivity contribution in [1.82, 2.24) is 4.67 Å². The number of benzene rings is 2. The molecule has 1 heterocycles. The van der Waals surface area contributed by atoms with Gasteiger partial charge in [0.25, 0.3) is 13.4 Å². The highest BCUT2D eigenvalue weighted by atomic mass is 79.9. The molecule has 2 aromatic carbocycles. The van der Waals surface area contributed by atoms with Crippen LogP contribution in [0.1, 0.15) is 30.0 Å². The Morgan fingerprint density at radius 2 is 1.79 bits per heavy atom. The van der Waals surface area contributed by atoms with Crippen molar-refractivity contribution in [1.29, 1.82) is 0 Å². The van der Waals surface area contributed by atoms with E-state index in [1.807, 2.05) is 80.8 Å². The van der Waals surface area contributed by atoms with Crippen LogP contribution in [0.25, 0.3) is 0 Å². The van der Waals surface area contributed by atoms with Gasteiger partial charge in [-0.2, -0.15) is 0 Å². The zero-order chi connectivity index (χ0) is 24.2. The van der Waals surface area contributed by atoms with Crippen molar-refractivity contribution in [2.75, 3.05) is 42.5 Å². The number of hydrogen-bond acceptors (Lipinski definition) is 4. The first-order chi connectivity index (χ1) is 15.7. The highest BCUT2D eigenvalue weighted by molar-refractivity contribution is 9.10. The summed E-state index contributed by atoms with van der Waals surface area (Å²) in [6, 6.07) is 14.7. The predicted octanol–water partition coefficient (Wildman–Crippen LogP) is 5.94. The summed E-state index contributed by atoms with van der Waals surface area (Å²) in [6.45, 7) is 7.06. The zero-order valence-corrected chi connectivity index (χ0v) is 22.0. The maximum Gasteiger partial charge on any atom is 0.291 e. The van der Waals surface area contributed by atoms with Crippen LogP contribution in [0.15, 0.2) is 63.7 Å². The number of hydrogen-bond donors (Lipinski definition) is 2. The minimum absolute atomic E-state index is 0.183. The fraction of sp³-hybridized carbons (Fsp3) is 0.292. The smallest absolute Gasteiger partial charge is 0.291 e. The van der Waals surface area contributed by atoms with Crippen molar-refractivity contribution in [2.24, 2.45) is 0 Å². The molecule has 2 N–H and O–H groups in total. The summed E-state index contributed by atoms with van der Waals surface area (Å²) in [4.78, 5) is 14.8. The van der Waals surface area contributed by atoms with Gasteiger partial charge in [0.2, 0.25) is 0 Å². The SMILES string of the molecule is CCN(CC)[P@@](=O)(Nc1ccc(C)cc1Br)c1ccc(N(C)C)cc1NC(=O)c1ccco1. The van der Waals surface area contributed by atoms with E-state index in [9.17, 15) is 9.36 Å². The molecule has 33 heavy (non-hydrogen) atoms. The van der Waals surface area contributed by atoms with Crippen molar-refractivity contribution in [3.63, 3.8) is 0 Å². The molecule has 1 aromatic heterocycles. The monoisotopic (exact) mass is 532 g/mol. The van der Waals surface area contributed by atoms with Gasteiger partial charge in [0.1, 0.15) is 0 Å². The predicted molar refractivity (Wildman–Crippen MR) is 140 cm³/mol. The third-order valence-electron chi connectivity index (χ3n) is 5.34. The molecule has 0 saturated heterocycles. The minimum atomic E-state index is -3.38. The number of aryl methyl sites for hydroxylation is 1. The molecule has 0 spiro atoms. The molecule has 0 aliphatic heterocycles. The number of amides is 1. The van der Waals surface area contributed by atoms with Crippen LogP contribution >= 0.6 is 23.4 Å². The van der Waals surface area contributed by atoms with Gasteiger partial charge in [-0.15, -0.1) is 0 Å². The molecular formula is C24H30BrN4O3P. The second-order valence-corrected chi connectivity index (χ2v) is 11.1. The van der Waals surface area contributed by atoms with E-state index in [1.165, 1.54) is 6.26 Å². The van der Waals surface area contributed by atoms with E-state index in [1.54, 1.807) is 12.1 Å². The number of nitrogens with zero attached hydrogens (tertiary/aromatic N) is 2. The lowest BCUT2D eigenvalue weighted by molar-refractivity contribution is 0.0997. The van der Waals surface area contributed by atoms with Gasteiger partial charge in [0.05, 0.1) is 22.9 Å². The Labute approximate surface area is 203 Å². The van der Waals surface area contributed by atoms with Gasteiger partial charge in [-0.1, -0.05) is 19.9 Å². The number of carbonyl (C=O) groups excluding carboxylic acids is 1. The summed E-state index contributed by atoms with van der Waals surface area (Å²) in [5.74, 6) is -0.220. The van der Waals surface area contributed by atoms with E-state index < -0.39 is 13.4 Å². The van der Waals surface area contributed by atoms with Crippen molar-refractivity contribution in [3.8, 4) is 0 Å². The summed E-state index contributed by atoms with van der Waals surface area (Å²) in [6.07, 6.45) is 1.45. The van der Waals surface area contributed by atoms with E-state index >= 15 is 0 Å². The Bertz CT molecular complexity index is 1160. The van der Waals surface area contributed by atoms with Crippen LogP contribution in [0.3, 0.4) is 0 Å². The molecule has 0 saturated carbocycles. The molecule has 3 aromatic rings. The van der Waals surface area contributed by atoms with Gasteiger partial charge in [-0.3, -0.25) is 9.36 Å². The van der Waals surface area contributed by atoms with Gasteiger partial charge < -0.3 is 19.7 Å². The normalized spacial score (nSPS) is 12.9. The van der Waals surface area contributed by atoms with Gasteiger partial charge in [-0.05, 0) is 70.9 Å². The lowest BCUT2D eigenvalue weighted by atomic mass is 10.2. The molecule has 0 fully saturated rings. The number of anilines is 3. The van der Waals surface area contributed by atoms with Crippen LogP contribution in [-0.4, -0.2) is 37.8 Å². The number of carbonyl (C=O) groups is 1. The second kappa shape index (κ2) is 10.6. The average molecular weight is 533 g/mol. The van der Waals surface area contributed by atoms with Crippen molar-refractivity contribution in [2.45, 2.75) is 20.8 Å². The molecule has 0 bridgehead atoms. The van der Waals surface area contributed by atoms with Crippen molar-refractivity contribution in [3.05, 3.63) is 70.6 Å². The summed E-state index contributed by atoms with van der Waals surface area (Å²) in [7, 11) is 0.454. The Morgan fingerprint density at radius 1 is 1.06 bits per heavy atom. The summed E-state index contributed by atoms with van der Waals surface area (Å²) in [5.41, 5.74) is 3.15. The Morgan fingerprint density at radius 3 is 2.36 bits per heavy atom. The van der Waals surface area contributed by atoms with Crippen LogP contribution in [0.5, 0.6) is 0 Å². The number of rotatable bonds is 9. The standard InChI is InChI=1S/C24H30BrN4O3P/c1-6-29(7-2)33(31,27-20-12-10-17(3)15-19(20)25)23-13-11-18(28(4)5)16-21(23)26-24(30)22-9-8-14-32-22/h8-16H,6-7H2,1-5H3,(H,26,30)(H,27,31)/t33-/m0/s1. The molecule has 9 heteroatoms. The fourth-order valence-electron chi connectivity index (χ4n) is 3.54. The van der Waals surface area contributed by atoms with Crippen molar-refractivity contribution >= 4 is 51.6 Å². The van der Waals surface area contributed by atoms with Gasteiger partial charge in [0.15, 0.2) is 5.76 Å². The van der Waals surface area contributed by atoms with E-state index in [0.29, 0.717) is 24.1 Å². The molecule has 0 unspecified atom stereocenters. The van der Waals surface area contributed by atoms with Crippen LogP contribution in [0.4, 0.5) is 17.1 Å². The highest BCUT2D eigenvalue weighted by Crippen LogP contribution is 2.51. The largest absolute Gasteiger partial charge is 0.459 e. The average Bonchev–Trinajstić information content (AvgIpc) is 3.31. The van der Waals surface area contributed by atoms with Crippen LogP contribution in [0, 0.1) is 6.92 Å². The Hall–Kier alpha value is -2.54. The fourth-order valence-corrected chi connectivity index (χ4v) is 6.89. The van der Waals surface area contributed by atoms with Gasteiger partial charge in [-0.25, -0.2) is 4.67 Å². The summed E-state index contributed by atoms with van der Waals surface area (Å²) < 4.78 is 22.7. The van der Waals surface area contributed by atoms with Gasteiger partial charge >= 0.3 is 0 Å². The Balaban J connectivity index is 2.15. The lowest BCUT2D eigenvalue weighted by Crippen LogP contribution is -2.32. The highest BCUT2D eigenvalue weighted by Gasteiger charge is 2.35. The molecule has 7 nitrogen and oxygen atoms in total. The molecule has 0 radical (unpaired) electrons. The van der Waals surface area contributed by atoms with Crippen LogP contribution < -0.4 is 20.6 Å². The molecule has 1 amide bonds. The molecule has 0 aliphatic carbocycles. The topological polar surface area (TPSA) is 77.8 Å².